The van der Waals surface area contributed by atoms with Crippen LogP contribution in [0.25, 0.3) is 0 Å². The van der Waals surface area contributed by atoms with Crippen molar-refractivity contribution in [2.75, 3.05) is 46.3 Å². The molecule has 1 heterocycles. The second-order valence-corrected chi connectivity index (χ2v) is 5.83. The second kappa shape index (κ2) is 7.25. The number of halogens is 1. The molecule has 0 radical (unpaired) electrons. The summed E-state index contributed by atoms with van der Waals surface area (Å²) in [5.74, 6) is 0. The first kappa shape index (κ1) is 14.8. The summed E-state index contributed by atoms with van der Waals surface area (Å²) in [6.45, 7) is 10.00. The van der Waals surface area contributed by atoms with E-state index in [9.17, 15) is 0 Å². The number of aryl methyl sites for hydroxylation is 1. The standard InChI is InChI=1S/C15H24ClN3/c1-13-11-15(16)4-3-14(13)12-17-5-6-19-9-7-18(2)8-10-19/h3-4,11,17H,5-10,12H2,1-2H3. The first-order valence-corrected chi connectivity index (χ1v) is 7.39. The van der Waals surface area contributed by atoms with Crippen molar-refractivity contribution < 1.29 is 0 Å². The Labute approximate surface area is 121 Å². The third-order valence-corrected chi connectivity index (χ3v) is 4.06. The molecule has 0 spiro atoms. The highest BCUT2D eigenvalue weighted by Crippen LogP contribution is 2.14. The van der Waals surface area contributed by atoms with Crippen LogP contribution in [0.15, 0.2) is 18.2 Å². The van der Waals surface area contributed by atoms with Crippen LogP contribution in [0.5, 0.6) is 0 Å². The number of hydrogen-bond donors (Lipinski definition) is 1. The number of rotatable bonds is 5. The van der Waals surface area contributed by atoms with E-state index in [1.165, 1.54) is 37.3 Å². The summed E-state index contributed by atoms with van der Waals surface area (Å²) in [4.78, 5) is 4.92. The van der Waals surface area contributed by atoms with Crippen LogP contribution in [-0.2, 0) is 6.54 Å². The molecule has 19 heavy (non-hydrogen) atoms. The lowest BCUT2D eigenvalue weighted by molar-refractivity contribution is 0.154. The average molecular weight is 282 g/mol. The van der Waals surface area contributed by atoms with Crippen molar-refractivity contribution in [2.24, 2.45) is 0 Å². The van der Waals surface area contributed by atoms with E-state index < -0.39 is 0 Å². The van der Waals surface area contributed by atoms with Gasteiger partial charge >= 0.3 is 0 Å². The van der Waals surface area contributed by atoms with Crippen molar-refractivity contribution in [3.63, 3.8) is 0 Å². The molecule has 0 bridgehead atoms. The van der Waals surface area contributed by atoms with Gasteiger partial charge in [-0.2, -0.15) is 0 Å². The lowest BCUT2D eigenvalue weighted by Gasteiger charge is -2.32. The fourth-order valence-corrected chi connectivity index (χ4v) is 2.62. The van der Waals surface area contributed by atoms with Gasteiger partial charge in [-0.25, -0.2) is 0 Å². The molecule has 1 aromatic rings. The van der Waals surface area contributed by atoms with E-state index in [0.29, 0.717) is 0 Å². The molecule has 1 aromatic carbocycles. The van der Waals surface area contributed by atoms with Crippen molar-refractivity contribution in [2.45, 2.75) is 13.5 Å². The third-order valence-electron chi connectivity index (χ3n) is 3.82. The van der Waals surface area contributed by atoms with Gasteiger partial charge in [0, 0.05) is 50.8 Å². The molecule has 0 aromatic heterocycles. The molecule has 0 unspecified atom stereocenters. The van der Waals surface area contributed by atoms with E-state index in [4.69, 9.17) is 11.6 Å². The van der Waals surface area contributed by atoms with Crippen molar-refractivity contribution in [3.05, 3.63) is 34.3 Å². The summed E-state index contributed by atoms with van der Waals surface area (Å²) in [5, 5.41) is 4.34. The Morgan fingerprint density at radius 1 is 1.21 bits per heavy atom. The Balaban J connectivity index is 1.66. The summed E-state index contributed by atoms with van der Waals surface area (Å²) < 4.78 is 0. The van der Waals surface area contributed by atoms with E-state index in [-0.39, 0.29) is 0 Å². The molecule has 1 aliphatic rings. The minimum Gasteiger partial charge on any atom is -0.311 e. The molecule has 3 nitrogen and oxygen atoms in total. The van der Waals surface area contributed by atoms with Crippen LogP contribution in [0, 0.1) is 6.92 Å². The Bertz CT molecular complexity index is 400. The molecule has 106 valence electrons. The molecule has 1 saturated heterocycles. The van der Waals surface area contributed by atoms with Crippen LogP contribution < -0.4 is 5.32 Å². The number of hydrogen-bond acceptors (Lipinski definition) is 3. The molecule has 0 atom stereocenters. The van der Waals surface area contributed by atoms with Crippen molar-refractivity contribution in [3.8, 4) is 0 Å². The van der Waals surface area contributed by atoms with Crippen molar-refractivity contribution in [1.82, 2.24) is 15.1 Å². The van der Waals surface area contributed by atoms with Crippen LogP contribution in [0.3, 0.4) is 0 Å². The summed E-state index contributed by atoms with van der Waals surface area (Å²) in [5.41, 5.74) is 2.60. The summed E-state index contributed by atoms with van der Waals surface area (Å²) in [7, 11) is 2.19. The zero-order valence-corrected chi connectivity index (χ0v) is 12.7. The first-order chi connectivity index (χ1) is 9.15. The van der Waals surface area contributed by atoms with Crippen LogP contribution in [0.1, 0.15) is 11.1 Å². The molecular formula is C15H24ClN3. The predicted octanol–water partition coefficient (Wildman–Crippen LogP) is 1.99. The minimum atomic E-state index is 0.818. The Kier molecular flexibility index (Phi) is 5.64. The third kappa shape index (κ3) is 4.77. The quantitative estimate of drug-likeness (QED) is 0.833. The lowest BCUT2D eigenvalue weighted by atomic mass is 10.1. The Morgan fingerprint density at radius 2 is 1.95 bits per heavy atom. The number of piperazine rings is 1. The second-order valence-electron chi connectivity index (χ2n) is 5.39. The van der Waals surface area contributed by atoms with Gasteiger partial charge in [0.05, 0.1) is 0 Å². The van der Waals surface area contributed by atoms with E-state index in [1.807, 2.05) is 12.1 Å². The zero-order chi connectivity index (χ0) is 13.7. The molecule has 4 heteroatoms. The highest BCUT2D eigenvalue weighted by molar-refractivity contribution is 6.30. The SMILES string of the molecule is Cc1cc(Cl)ccc1CNCCN1CCN(C)CC1. The summed E-state index contributed by atoms with van der Waals surface area (Å²) >= 11 is 5.96. The molecule has 1 fully saturated rings. The van der Waals surface area contributed by atoms with Gasteiger partial charge in [0.2, 0.25) is 0 Å². The van der Waals surface area contributed by atoms with E-state index in [1.54, 1.807) is 0 Å². The van der Waals surface area contributed by atoms with Crippen LogP contribution in [0.2, 0.25) is 5.02 Å². The maximum Gasteiger partial charge on any atom is 0.0408 e. The molecule has 1 aliphatic heterocycles. The lowest BCUT2D eigenvalue weighted by Crippen LogP contribution is -2.46. The van der Waals surface area contributed by atoms with Crippen LogP contribution >= 0.6 is 11.6 Å². The van der Waals surface area contributed by atoms with Crippen LogP contribution in [0.4, 0.5) is 0 Å². The van der Waals surface area contributed by atoms with Crippen LogP contribution in [-0.4, -0.2) is 56.1 Å². The first-order valence-electron chi connectivity index (χ1n) is 7.02. The summed E-state index contributed by atoms with van der Waals surface area (Å²) in [6, 6.07) is 6.10. The van der Waals surface area contributed by atoms with Gasteiger partial charge in [-0.15, -0.1) is 0 Å². The molecule has 0 saturated carbocycles. The zero-order valence-electron chi connectivity index (χ0n) is 12.0. The van der Waals surface area contributed by atoms with E-state index >= 15 is 0 Å². The fraction of sp³-hybridized carbons (Fsp3) is 0.600. The molecule has 2 rings (SSSR count). The molecule has 0 amide bonds. The van der Waals surface area contributed by atoms with E-state index in [2.05, 4.69) is 35.2 Å². The molecular weight excluding hydrogens is 258 g/mol. The Hall–Kier alpha value is -0.610. The predicted molar refractivity (Wildman–Crippen MR) is 81.8 cm³/mol. The van der Waals surface area contributed by atoms with Gasteiger partial charge in [0.15, 0.2) is 0 Å². The highest BCUT2D eigenvalue weighted by atomic mass is 35.5. The summed E-state index contributed by atoms with van der Waals surface area (Å²) in [6.07, 6.45) is 0. The number of likely N-dealkylation sites (N-methyl/N-ethyl adjacent to an activating group) is 1. The molecule has 1 N–H and O–H groups in total. The average Bonchev–Trinajstić information content (AvgIpc) is 2.39. The van der Waals surface area contributed by atoms with Gasteiger partial charge < -0.3 is 10.2 Å². The number of nitrogens with zero attached hydrogens (tertiary/aromatic N) is 2. The van der Waals surface area contributed by atoms with Gasteiger partial charge in [0.1, 0.15) is 0 Å². The normalized spacial score (nSPS) is 17.8. The van der Waals surface area contributed by atoms with Gasteiger partial charge in [-0.3, -0.25) is 4.90 Å². The fourth-order valence-electron chi connectivity index (χ4n) is 2.39. The molecule has 0 aliphatic carbocycles. The van der Waals surface area contributed by atoms with Crippen molar-refractivity contribution >= 4 is 11.6 Å². The highest BCUT2D eigenvalue weighted by Gasteiger charge is 2.12. The van der Waals surface area contributed by atoms with Gasteiger partial charge in [-0.05, 0) is 37.2 Å². The maximum atomic E-state index is 5.96. The monoisotopic (exact) mass is 281 g/mol. The largest absolute Gasteiger partial charge is 0.311 e. The van der Waals surface area contributed by atoms with Gasteiger partial charge in [0.25, 0.3) is 0 Å². The number of benzene rings is 1. The maximum absolute atomic E-state index is 5.96. The smallest absolute Gasteiger partial charge is 0.0408 e. The van der Waals surface area contributed by atoms with Gasteiger partial charge in [-0.1, -0.05) is 17.7 Å². The minimum absolute atomic E-state index is 0.818. The Morgan fingerprint density at radius 3 is 2.63 bits per heavy atom. The van der Waals surface area contributed by atoms with E-state index in [0.717, 1.165) is 24.7 Å². The van der Waals surface area contributed by atoms with Crippen molar-refractivity contribution in [1.29, 1.82) is 0 Å². The topological polar surface area (TPSA) is 18.5 Å². The number of nitrogens with one attached hydrogen (secondary N) is 1.